The molecule has 0 saturated carbocycles. The standard InChI is InChI=1S/C19H22I2N2O2S/c1-6-7-25-17-14(20)8-13(9-15(17)21)10-16-18(24)23(12(4)5)19(26-16)22-11(2)3/h6,8-12H,1,7H2,2-5H3/b16-10+,22-19?. The van der Waals surface area contributed by atoms with Crippen molar-refractivity contribution >= 4 is 74.1 Å². The number of carbonyl (C=O) groups is 1. The highest BCUT2D eigenvalue weighted by Gasteiger charge is 2.35. The number of aliphatic imine (C=N–C) groups is 1. The molecule has 1 aliphatic rings. The summed E-state index contributed by atoms with van der Waals surface area (Å²) in [7, 11) is 0. The van der Waals surface area contributed by atoms with Crippen LogP contribution >= 0.6 is 56.9 Å². The second-order valence-corrected chi connectivity index (χ2v) is 9.63. The lowest BCUT2D eigenvalue weighted by molar-refractivity contribution is -0.123. The molecule has 1 amide bonds. The second kappa shape index (κ2) is 9.59. The predicted octanol–water partition coefficient (Wildman–Crippen LogP) is 5.55. The van der Waals surface area contributed by atoms with Crippen molar-refractivity contribution in [2.45, 2.75) is 39.8 Å². The Balaban J connectivity index is 2.37. The van der Waals surface area contributed by atoms with Crippen molar-refractivity contribution in [2.75, 3.05) is 6.61 Å². The number of halogens is 2. The lowest BCUT2D eigenvalue weighted by Gasteiger charge is -2.20. The molecule has 140 valence electrons. The first kappa shape index (κ1) is 21.7. The first-order valence-electron chi connectivity index (χ1n) is 8.28. The summed E-state index contributed by atoms with van der Waals surface area (Å²) < 4.78 is 7.74. The summed E-state index contributed by atoms with van der Waals surface area (Å²) in [5, 5.41) is 0.779. The first-order valence-corrected chi connectivity index (χ1v) is 11.3. The Hall–Kier alpha value is -0.550. The van der Waals surface area contributed by atoms with Gasteiger partial charge in [0.1, 0.15) is 12.4 Å². The van der Waals surface area contributed by atoms with Crippen molar-refractivity contribution in [1.82, 2.24) is 4.90 Å². The van der Waals surface area contributed by atoms with Crippen LogP contribution in [-0.2, 0) is 4.79 Å². The summed E-state index contributed by atoms with van der Waals surface area (Å²) in [5.41, 5.74) is 0.982. The van der Waals surface area contributed by atoms with E-state index in [9.17, 15) is 4.79 Å². The predicted molar refractivity (Wildman–Crippen MR) is 128 cm³/mol. The van der Waals surface area contributed by atoms with E-state index in [-0.39, 0.29) is 18.0 Å². The number of carbonyl (C=O) groups excluding carboxylic acids is 1. The Kier molecular flexibility index (Phi) is 8.02. The van der Waals surface area contributed by atoms with Gasteiger partial charge in [-0.25, -0.2) is 0 Å². The molecule has 0 bridgehead atoms. The monoisotopic (exact) mass is 596 g/mol. The Morgan fingerprint density at radius 3 is 2.38 bits per heavy atom. The molecule has 0 spiro atoms. The van der Waals surface area contributed by atoms with Crippen molar-refractivity contribution in [3.05, 3.63) is 42.4 Å². The highest BCUT2D eigenvalue weighted by atomic mass is 127. The maximum atomic E-state index is 12.8. The number of hydrogen-bond donors (Lipinski definition) is 0. The molecule has 1 aliphatic heterocycles. The van der Waals surface area contributed by atoms with E-state index >= 15 is 0 Å². The summed E-state index contributed by atoms with van der Waals surface area (Å²) in [6.45, 7) is 12.2. The van der Waals surface area contributed by atoms with Gasteiger partial charge in [-0.1, -0.05) is 12.7 Å². The number of thioether (sulfide) groups is 1. The van der Waals surface area contributed by atoms with Crippen LogP contribution in [0.15, 0.2) is 34.7 Å². The highest BCUT2D eigenvalue weighted by Crippen LogP contribution is 2.36. The van der Waals surface area contributed by atoms with Gasteiger partial charge in [-0.05, 0) is 108 Å². The highest BCUT2D eigenvalue weighted by molar-refractivity contribution is 14.1. The lowest BCUT2D eigenvalue weighted by atomic mass is 10.2. The number of amides is 1. The van der Waals surface area contributed by atoms with Crippen LogP contribution in [0, 0.1) is 7.14 Å². The quantitative estimate of drug-likeness (QED) is 0.246. The van der Waals surface area contributed by atoms with Gasteiger partial charge in [0.15, 0.2) is 5.17 Å². The smallest absolute Gasteiger partial charge is 0.266 e. The van der Waals surface area contributed by atoms with Gasteiger partial charge < -0.3 is 4.74 Å². The first-order chi connectivity index (χ1) is 12.2. The number of amidine groups is 1. The van der Waals surface area contributed by atoms with Crippen LogP contribution in [0.4, 0.5) is 0 Å². The van der Waals surface area contributed by atoms with Gasteiger partial charge in [-0.15, -0.1) is 0 Å². The van der Waals surface area contributed by atoms with E-state index in [1.807, 2.05) is 45.9 Å². The molecule has 0 aromatic heterocycles. The summed E-state index contributed by atoms with van der Waals surface area (Å²) in [6.07, 6.45) is 3.67. The molecule has 7 heteroatoms. The number of nitrogens with zero attached hydrogens (tertiary/aromatic N) is 2. The van der Waals surface area contributed by atoms with Crippen LogP contribution < -0.4 is 4.74 Å². The number of benzene rings is 1. The van der Waals surface area contributed by atoms with Crippen LogP contribution in [-0.4, -0.2) is 34.7 Å². The molecule has 0 aliphatic carbocycles. The Labute approximate surface area is 186 Å². The molecule has 0 N–H and O–H groups in total. The molecule has 0 atom stereocenters. The third-order valence-electron chi connectivity index (χ3n) is 3.39. The van der Waals surface area contributed by atoms with Crippen molar-refractivity contribution in [3.63, 3.8) is 0 Å². The van der Waals surface area contributed by atoms with Gasteiger partial charge in [0.05, 0.1) is 12.0 Å². The summed E-state index contributed by atoms with van der Waals surface area (Å²) >= 11 is 5.96. The van der Waals surface area contributed by atoms with Gasteiger partial charge in [0.25, 0.3) is 5.91 Å². The van der Waals surface area contributed by atoms with E-state index < -0.39 is 0 Å². The van der Waals surface area contributed by atoms with E-state index in [1.54, 1.807) is 11.0 Å². The SMILES string of the molecule is C=CCOc1c(I)cc(/C=C2/SC(=NC(C)C)N(C(C)C)C2=O)cc1I. The third-order valence-corrected chi connectivity index (χ3v) is 5.99. The summed E-state index contributed by atoms with van der Waals surface area (Å²) in [5.74, 6) is 0.867. The average Bonchev–Trinajstić information content (AvgIpc) is 2.81. The molecule has 1 saturated heterocycles. The van der Waals surface area contributed by atoms with Crippen LogP contribution in [0.1, 0.15) is 33.3 Å². The Morgan fingerprint density at radius 1 is 1.27 bits per heavy atom. The molecule has 0 radical (unpaired) electrons. The molecule has 2 rings (SSSR count). The molecular weight excluding hydrogens is 574 g/mol. The van der Waals surface area contributed by atoms with E-state index in [0.717, 1.165) is 23.6 Å². The van der Waals surface area contributed by atoms with Crippen LogP contribution in [0.5, 0.6) is 5.75 Å². The minimum absolute atomic E-state index is 0.0152. The number of ether oxygens (including phenoxy) is 1. The minimum Gasteiger partial charge on any atom is -0.487 e. The Morgan fingerprint density at radius 2 is 1.88 bits per heavy atom. The molecule has 1 heterocycles. The van der Waals surface area contributed by atoms with Crippen molar-refractivity contribution < 1.29 is 9.53 Å². The van der Waals surface area contributed by atoms with Gasteiger partial charge >= 0.3 is 0 Å². The Bertz CT molecular complexity index is 750. The zero-order valence-electron chi connectivity index (χ0n) is 15.3. The van der Waals surface area contributed by atoms with Gasteiger partial charge in [-0.2, -0.15) is 0 Å². The minimum atomic E-state index is 0.0152. The topological polar surface area (TPSA) is 41.9 Å². The van der Waals surface area contributed by atoms with Crippen LogP contribution in [0.2, 0.25) is 0 Å². The maximum absolute atomic E-state index is 12.8. The molecule has 26 heavy (non-hydrogen) atoms. The molecular formula is C19H22I2N2O2S. The van der Waals surface area contributed by atoms with Gasteiger partial charge in [-0.3, -0.25) is 14.7 Å². The van der Waals surface area contributed by atoms with Crippen LogP contribution in [0.25, 0.3) is 6.08 Å². The fraction of sp³-hybridized carbons (Fsp3) is 0.368. The largest absolute Gasteiger partial charge is 0.487 e. The third kappa shape index (κ3) is 5.25. The zero-order valence-corrected chi connectivity index (χ0v) is 20.4. The molecule has 0 unspecified atom stereocenters. The number of hydrogen-bond acceptors (Lipinski definition) is 4. The number of rotatable bonds is 6. The summed E-state index contributed by atoms with van der Waals surface area (Å²) in [4.78, 5) is 19.9. The summed E-state index contributed by atoms with van der Waals surface area (Å²) in [6, 6.07) is 4.28. The van der Waals surface area contributed by atoms with E-state index in [0.29, 0.717) is 11.5 Å². The zero-order chi connectivity index (χ0) is 19.4. The lowest BCUT2D eigenvalue weighted by Crippen LogP contribution is -2.35. The van der Waals surface area contributed by atoms with E-state index in [4.69, 9.17) is 4.74 Å². The fourth-order valence-corrected chi connectivity index (χ4v) is 5.71. The van der Waals surface area contributed by atoms with Crippen molar-refractivity contribution in [2.24, 2.45) is 4.99 Å². The molecule has 1 fully saturated rings. The maximum Gasteiger partial charge on any atom is 0.266 e. The second-order valence-electron chi connectivity index (χ2n) is 6.30. The van der Waals surface area contributed by atoms with E-state index in [2.05, 4.69) is 56.8 Å². The van der Waals surface area contributed by atoms with Crippen LogP contribution in [0.3, 0.4) is 0 Å². The molecule has 1 aromatic rings. The van der Waals surface area contributed by atoms with Gasteiger partial charge in [0.2, 0.25) is 0 Å². The average molecular weight is 596 g/mol. The van der Waals surface area contributed by atoms with E-state index in [1.165, 1.54) is 11.8 Å². The van der Waals surface area contributed by atoms with Crippen molar-refractivity contribution in [3.8, 4) is 5.75 Å². The van der Waals surface area contributed by atoms with Crippen molar-refractivity contribution in [1.29, 1.82) is 0 Å². The van der Waals surface area contributed by atoms with Gasteiger partial charge in [0, 0.05) is 12.1 Å². The normalized spacial score (nSPS) is 17.8. The molecule has 1 aromatic carbocycles. The fourth-order valence-electron chi connectivity index (χ4n) is 2.35. The molecule has 4 nitrogen and oxygen atoms in total.